The molecule has 2 atom stereocenters. The minimum Gasteiger partial charge on any atom is -0.473 e. The van der Waals surface area contributed by atoms with Gasteiger partial charge < -0.3 is 25.7 Å². The number of hydrogen-bond acceptors (Lipinski definition) is 8. The quantitative estimate of drug-likeness (QED) is 0.380. The molecule has 35 heavy (non-hydrogen) atoms. The van der Waals surface area contributed by atoms with E-state index < -0.39 is 23.9 Å². The summed E-state index contributed by atoms with van der Waals surface area (Å²) in [5.74, 6) is -0.135. The summed E-state index contributed by atoms with van der Waals surface area (Å²) < 4.78 is 23.2. The van der Waals surface area contributed by atoms with Crippen LogP contribution in [0.1, 0.15) is 41.5 Å². The highest BCUT2D eigenvalue weighted by atomic mass is 19.1. The van der Waals surface area contributed by atoms with E-state index in [1.54, 1.807) is 30.8 Å². The Morgan fingerprint density at radius 3 is 2.86 bits per heavy atom. The molecule has 0 aromatic carbocycles. The summed E-state index contributed by atoms with van der Waals surface area (Å²) in [6.07, 6.45) is 3.78. The van der Waals surface area contributed by atoms with Gasteiger partial charge in [0.15, 0.2) is 5.65 Å². The Morgan fingerprint density at radius 1 is 1.31 bits per heavy atom. The Kier molecular flexibility index (Phi) is 5.24. The van der Waals surface area contributed by atoms with E-state index in [9.17, 15) is 14.4 Å². The summed E-state index contributed by atoms with van der Waals surface area (Å²) in [6.45, 7) is 3.76. The SMILES string of the molecule is C[C@H]1CNC(=O)c2cnn3c(N)c(-c4cc(C#N)n(C)c4)c(nc23)N[C@H](C)c2cc(F)cnc2O1. The van der Waals surface area contributed by atoms with Gasteiger partial charge in [-0.1, -0.05) is 0 Å². The molecule has 0 aliphatic carbocycles. The molecule has 0 spiro atoms. The molecule has 0 saturated heterocycles. The molecule has 0 saturated carbocycles. The first-order valence-corrected chi connectivity index (χ1v) is 10.9. The van der Waals surface area contributed by atoms with Gasteiger partial charge >= 0.3 is 0 Å². The average molecular weight is 475 g/mol. The molecule has 4 N–H and O–H groups in total. The minimum atomic E-state index is -0.519. The smallest absolute Gasteiger partial charge is 0.256 e. The molecule has 4 aromatic heterocycles. The summed E-state index contributed by atoms with van der Waals surface area (Å²) in [6, 6.07) is 4.64. The second kappa shape index (κ2) is 8.28. The number of hydrogen-bond donors (Lipinski definition) is 3. The van der Waals surface area contributed by atoms with Crippen molar-refractivity contribution in [1.82, 2.24) is 29.5 Å². The Morgan fingerprint density at radius 2 is 2.11 bits per heavy atom. The van der Waals surface area contributed by atoms with Crippen molar-refractivity contribution in [3.63, 3.8) is 0 Å². The number of anilines is 2. The average Bonchev–Trinajstić information content (AvgIpc) is 3.41. The molecule has 4 aromatic rings. The Balaban J connectivity index is 1.76. The number of pyridine rings is 1. The molecular weight excluding hydrogens is 453 g/mol. The lowest BCUT2D eigenvalue weighted by atomic mass is 10.1. The first-order valence-electron chi connectivity index (χ1n) is 10.9. The zero-order valence-corrected chi connectivity index (χ0v) is 19.2. The van der Waals surface area contributed by atoms with Crippen LogP contribution < -0.4 is 21.1 Å². The van der Waals surface area contributed by atoms with E-state index in [1.807, 2.05) is 6.92 Å². The molecule has 178 valence electrons. The van der Waals surface area contributed by atoms with Crippen LogP contribution in [0.4, 0.5) is 16.0 Å². The number of carbonyl (C=O) groups is 1. The van der Waals surface area contributed by atoms with E-state index in [1.165, 1.54) is 16.8 Å². The number of halogens is 1. The molecule has 0 fully saturated rings. The number of nitrogens with zero attached hydrogens (tertiary/aromatic N) is 6. The van der Waals surface area contributed by atoms with Gasteiger partial charge in [-0.05, 0) is 26.0 Å². The lowest BCUT2D eigenvalue weighted by molar-refractivity contribution is 0.0932. The number of nitriles is 1. The van der Waals surface area contributed by atoms with E-state index >= 15 is 0 Å². The molecule has 5 rings (SSSR count). The number of aryl methyl sites for hydroxylation is 1. The maximum Gasteiger partial charge on any atom is 0.256 e. The number of nitrogens with two attached hydrogens (primary N) is 1. The monoisotopic (exact) mass is 475 g/mol. The van der Waals surface area contributed by atoms with Crippen molar-refractivity contribution in [2.75, 3.05) is 17.6 Å². The number of rotatable bonds is 1. The van der Waals surface area contributed by atoms with Crippen molar-refractivity contribution >= 4 is 23.2 Å². The van der Waals surface area contributed by atoms with Gasteiger partial charge in [-0.25, -0.2) is 14.4 Å². The fraction of sp³-hybridized carbons (Fsp3) is 0.261. The summed E-state index contributed by atoms with van der Waals surface area (Å²) >= 11 is 0. The lowest BCUT2D eigenvalue weighted by Gasteiger charge is -2.22. The maximum atomic E-state index is 14.2. The Bertz CT molecular complexity index is 1520. The van der Waals surface area contributed by atoms with Crippen LogP contribution in [-0.4, -0.2) is 42.7 Å². The van der Waals surface area contributed by atoms with Crippen LogP contribution >= 0.6 is 0 Å². The Hall–Kier alpha value is -4.66. The summed E-state index contributed by atoms with van der Waals surface area (Å²) in [5, 5.41) is 19.8. The number of carbonyl (C=O) groups excluding carboxylic acids is 1. The molecular formula is C23H22FN9O2. The third-order valence-corrected chi connectivity index (χ3v) is 5.86. The predicted octanol–water partition coefficient (Wildman–Crippen LogP) is 2.41. The first kappa shape index (κ1) is 22.1. The molecule has 5 heterocycles. The van der Waals surface area contributed by atoms with Crippen LogP contribution in [0.3, 0.4) is 0 Å². The highest BCUT2D eigenvalue weighted by Crippen LogP contribution is 2.37. The third-order valence-electron chi connectivity index (χ3n) is 5.86. The van der Waals surface area contributed by atoms with Crippen LogP contribution in [0.5, 0.6) is 5.88 Å². The van der Waals surface area contributed by atoms with Crippen molar-refractivity contribution in [3.8, 4) is 23.1 Å². The lowest BCUT2D eigenvalue weighted by Crippen LogP contribution is -2.34. The van der Waals surface area contributed by atoms with Crippen LogP contribution in [0.15, 0.2) is 30.7 Å². The van der Waals surface area contributed by atoms with Gasteiger partial charge in [0, 0.05) is 24.4 Å². The number of nitrogen functional groups attached to an aromatic ring is 1. The summed E-state index contributed by atoms with van der Waals surface area (Å²) in [4.78, 5) is 21.7. The third kappa shape index (κ3) is 3.76. The van der Waals surface area contributed by atoms with Gasteiger partial charge in [0.05, 0.1) is 30.5 Å². The molecule has 0 radical (unpaired) electrons. The zero-order chi connectivity index (χ0) is 24.9. The number of amides is 1. The Labute approximate surface area is 199 Å². The summed E-state index contributed by atoms with van der Waals surface area (Å²) in [7, 11) is 1.75. The molecule has 11 nitrogen and oxygen atoms in total. The van der Waals surface area contributed by atoms with Gasteiger partial charge in [0.1, 0.15) is 40.9 Å². The van der Waals surface area contributed by atoms with Crippen molar-refractivity contribution in [3.05, 3.63) is 53.4 Å². The second-order valence-corrected chi connectivity index (χ2v) is 8.40. The fourth-order valence-electron chi connectivity index (χ4n) is 4.07. The van der Waals surface area contributed by atoms with Gasteiger partial charge in [-0.15, -0.1) is 0 Å². The van der Waals surface area contributed by atoms with Crippen molar-refractivity contribution in [1.29, 1.82) is 5.26 Å². The minimum absolute atomic E-state index is 0.178. The molecule has 1 aliphatic heterocycles. The van der Waals surface area contributed by atoms with Crippen molar-refractivity contribution in [2.45, 2.75) is 26.0 Å². The van der Waals surface area contributed by atoms with Gasteiger partial charge in [-0.2, -0.15) is 14.9 Å². The zero-order valence-electron chi connectivity index (χ0n) is 19.2. The van der Waals surface area contributed by atoms with Crippen LogP contribution in [0.25, 0.3) is 16.8 Å². The van der Waals surface area contributed by atoms with E-state index in [4.69, 9.17) is 15.5 Å². The standard InChI is InChI=1S/C23H22FN9O2/c1-11-7-27-22(34)17-9-29-33-19(26)18(13-4-15(6-25)32(3)10-13)20(31-21(17)33)30-12(2)16-5-14(24)8-28-23(16)35-11/h4-5,8-12H,7,26H2,1-3H3,(H,27,34)(H,30,31)/t11-,12+/m0/s1. The topological polar surface area (TPSA) is 148 Å². The fourth-order valence-corrected chi connectivity index (χ4v) is 4.07. The molecule has 12 heteroatoms. The van der Waals surface area contributed by atoms with Crippen molar-refractivity contribution in [2.24, 2.45) is 7.05 Å². The molecule has 0 unspecified atom stereocenters. The van der Waals surface area contributed by atoms with Crippen LogP contribution in [0, 0.1) is 17.1 Å². The predicted molar refractivity (Wildman–Crippen MR) is 125 cm³/mol. The van der Waals surface area contributed by atoms with E-state index in [0.29, 0.717) is 28.2 Å². The van der Waals surface area contributed by atoms with Gasteiger partial charge in [-0.3, -0.25) is 4.79 Å². The maximum absolute atomic E-state index is 14.2. The highest BCUT2D eigenvalue weighted by Gasteiger charge is 2.26. The van der Waals surface area contributed by atoms with E-state index in [-0.39, 0.29) is 29.5 Å². The van der Waals surface area contributed by atoms with Crippen LogP contribution in [-0.2, 0) is 7.05 Å². The van der Waals surface area contributed by atoms with Gasteiger partial charge in [0.2, 0.25) is 5.88 Å². The molecule has 1 aliphatic rings. The number of aromatic nitrogens is 5. The van der Waals surface area contributed by atoms with Crippen LogP contribution in [0.2, 0.25) is 0 Å². The van der Waals surface area contributed by atoms with E-state index in [0.717, 1.165) is 6.20 Å². The largest absolute Gasteiger partial charge is 0.473 e. The molecule has 2 bridgehead atoms. The molecule has 1 amide bonds. The summed E-state index contributed by atoms with van der Waals surface area (Å²) in [5.41, 5.74) is 9.02. The normalized spacial score (nSPS) is 17.9. The second-order valence-electron chi connectivity index (χ2n) is 8.40. The van der Waals surface area contributed by atoms with E-state index in [2.05, 4.69) is 26.8 Å². The first-order chi connectivity index (χ1) is 16.8. The number of fused-ring (bicyclic) bond motifs is 2. The number of ether oxygens (including phenoxy) is 1. The highest BCUT2D eigenvalue weighted by molar-refractivity contribution is 6.01. The van der Waals surface area contributed by atoms with Crippen molar-refractivity contribution < 1.29 is 13.9 Å². The number of nitrogens with one attached hydrogen (secondary N) is 2. The van der Waals surface area contributed by atoms with Gasteiger partial charge in [0.25, 0.3) is 5.91 Å².